The molecule has 2 aromatic carbocycles. The van der Waals surface area contributed by atoms with Gasteiger partial charge in [-0.05, 0) is 24.3 Å². The first-order valence-electron chi connectivity index (χ1n) is 7.08. The number of benzene rings is 2. The predicted molar refractivity (Wildman–Crippen MR) is 89.9 cm³/mol. The van der Waals surface area contributed by atoms with Crippen LogP contribution in [0, 0.1) is 12.8 Å². The molecule has 0 aliphatic heterocycles. The van der Waals surface area contributed by atoms with Gasteiger partial charge in [-0.3, -0.25) is 4.52 Å². The summed E-state index contributed by atoms with van der Waals surface area (Å²) in [4.78, 5) is 23.4. The second-order valence-electron chi connectivity index (χ2n) is 5.51. The number of nitrogens with zero attached hydrogens (tertiary/aromatic N) is 1. The van der Waals surface area contributed by atoms with Crippen molar-refractivity contribution < 1.29 is 19.3 Å². The van der Waals surface area contributed by atoms with Crippen molar-refractivity contribution in [2.45, 2.75) is 26.8 Å². The Balaban J connectivity index is 2.45. The van der Waals surface area contributed by atoms with Gasteiger partial charge in [0.25, 0.3) is 0 Å². The molecule has 23 heavy (non-hydrogen) atoms. The van der Waals surface area contributed by atoms with Crippen LogP contribution in [-0.4, -0.2) is 17.1 Å². The van der Waals surface area contributed by atoms with Gasteiger partial charge in [0.15, 0.2) is 11.8 Å². The number of fused-ring (bicyclic) bond motifs is 1. The molecule has 0 aromatic heterocycles. The number of hydrogen-bond acceptors (Lipinski definition) is 4. The summed E-state index contributed by atoms with van der Waals surface area (Å²) in [5, 5.41) is 11.2. The summed E-state index contributed by atoms with van der Waals surface area (Å²) >= 11 is 6.18. The summed E-state index contributed by atoms with van der Waals surface area (Å²) in [5.41, 5.74) is 0.639. The molecule has 2 rings (SSSR count). The largest absolute Gasteiger partial charge is 0.575 e. The van der Waals surface area contributed by atoms with Gasteiger partial charge >= 0.3 is 14.1 Å². The smallest absolute Gasteiger partial charge is 0.395 e. The van der Waals surface area contributed by atoms with Crippen molar-refractivity contribution in [3.63, 3.8) is 0 Å². The highest BCUT2D eigenvalue weighted by atomic mass is 35.5. The van der Waals surface area contributed by atoms with Crippen LogP contribution in [0.2, 0.25) is 5.02 Å². The average Bonchev–Trinajstić information content (AvgIpc) is 2.48. The molecule has 1 N–H and O–H groups in total. The lowest BCUT2D eigenvalue weighted by Gasteiger charge is -2.11. The Morgan fingerprint density at radius 3 is 2.65 bits per heavy atom. The maximum Gasteiger partial charge on any atom is 0.395 e. The minimum Gasteiger partial charge on any atom is -0.575 e. The van der Waals surface area contributed by atoms with E-state index in [9.17, 15) is 9.69 Å². The van der Waals surface area contributed by atoms with Crippen LogP contribution in [0.1, 0.15) is 19.4 Å². The van der Waals surface area contributed by atoms with Crippen LogP contribution in [0.15, 0.2) is 35.1 Å². The van der Waals surface area contributed by atoms with Crippen LogP contribution in [-0.2, 0) is 4.79 Å². The van der Waals surface area contributed by atoms with E-state index in [0.29, 0.717) is 16.3 Å². The standard InChI is InChI=1S/C16H17ClNO4P/c1-9(2)14(16(19)20)18-23(21)22-15-10(3)13(17)8-11-6-4-5-7-12(11)15/h4-9,14H,1-3H3,(H,19,20). The van der Waals surface area contributed by atoms with Crippen molar-refractivity contribution in [2.75, 3.05) is 0 Å². The van der Waals surface area contributed by atoms with Gasteiger partial charge in [0.1, 0.15) is 0 Å². The molecule has 0 saturated carbocycles. The van der Waals surface area contributed by atoms with Crippen molar-refractivity contribution in [2.24, 2.45) is 10.7 Å². The monoisotopic (exact) mass is 353 g/mol. The van der Waals surface area contributed by atoms with E-state index in [1.807, 2.05) is 24.3 Å². The van der Waals surface area contributed by atoms with Crippen molar-refractivity contribution in [3.05, 3.63) is 40.9 Å². The third-order valence-electron chi connectivity index (χ3n) is 3.46. The first kappa shape index (κ1) is 17.7. The second-order valence-corrected chi connectivity index (χ2v) is 6.80. The maximum atomic E-state index is 12.2. The number of carboxylic acids is 1. The first-order valence-corrected chi connectivity index (χ1v) is 8.58. The van der Waals surface area contributed by atoms with Crippen LogP contribution >= 0.6 is 19.8 Å². The molecule has 0 radical (unpaired) electrons. The predicted octanol–water partition coefficient (Wildman–Crippen LogP) is 4.15. The van der Waals surface area contributed by atoms with Gasteiger partial charge in [-0.25, -0.2) is 4.79 Å². The van der Waals surface area contributed by atoms with Crippen LogP contribution < -0.4 is 9.42 Å². The highest BCUT2D eigenvalue weighted by molar-refractivity contribution is 7.34. The molecule has 2 aromatic rings. The molecule has 2 atom stereocenters. The van der Waals surface area contributed by atoms with E-state index < -0.39 is 20.2 Å². The van der Waals surface area contributed by atoms with Crippen molar-refractivity contribution in [3.8, 4) is 5.75 Å². The van der Waals surface area contributed by atoms with Gasteiger partial charge in [0.2, 0.25) is 0 Å². The highest BCUT2D eigenvalue weighted by Crippen LogP contribution is 2.38. The lowest BCUT2D eigenvalue weighted by molar-refractivity contribution is -0.169. The molecule has 0 aliphatic rings. The van der Waals surface area contributed by atoms with E-state index in [0.717, 1.165) is 10.8 Å². The number of carbonyl (C=O) groups is 1. The van der Waals surface area contributed by atoms with E-state index in [1.165, 1.54) is 0 Å². The molecular formula is C16H17ClNO4P. The van der Waals surface area contributed by atoms with E-state index in [4.69, 9.17) is 21.2 Å². The summed E-state index contributed by atoms with van der Waals surface area (Å²) in [6.45, 7) is 5.15. The number of hydrogen-bond donors (Lipinski definition) is 1. The molecule has 0 heterocycles. The lowest BCUT2D eigenvalue weighted by atomic mass is 10.1. The quantitative estimate of drug-likeness (QED) is 0.819. The molecular weight excluding hydrogens is 337 g/mol. The minimum absolute atomic E-state index is 0.285. The molecule has 122 valence electrons. The Kier molecular flexibility index (Phi) is 5.58. The number of aliphatic carboxylic acids is 1. The molecule has 2 unspecified atom stereocenters. The van der Waals surface area contributed by atoms with Gasteiger partial charge in [-0.2, -0.15) is 0 Å². The van der Waals surface area contributed by atoms with Gasteiger partial charge in [0.05, 0.1) is 0 Å². The lowest BCUT2D eigenvalue weighted by Crippen LogP contribution is -2.24. The third-order valence-corrected chi connectivity index (χ3v) is 4.63. The molecule has 5 nitrogen and oxygen atoms in total. The first-order chi connectivity index (χ1) is 10.8. The van der Waals surface area contributed by atoms with Crippen LogP contribution in [0.5, 0.6) is 5.75 Å². The Labute approximate surface area is 140 Å². The SMILES string of the molecule is Cc1c(Cl)cc2ccccc2c1O/[P+]([O-])=N/C(C(=O)O)C(C)C. The van der Waals surface area contributed by atoms with E-state index in [1.54, 1.807) is 26.8 Å². The highest BCUT2D eigenvalue weighted by Gasteiger charge is 2.26. The number of halogens is 1. The van der Waals surface area contributed by atoms with Crippen molar-refractivity contribution >= 4 is 36.5 Å². The van der Waals surface area contributed by atoms with Gasteiger partial charge in [-0.15, -0.1) is 0 Å². The Bertz CT molecular complexity index is 776. The normalized spacial score (nSPS) is 13.4. The van der Waals surface area contributed by atoms with Crippen LogP contribution in [0.3, 0.4) is 0 Å². The maximum absolute atomic E-state index is 12.2. The van der Waals surface area contributed by atoms with Crippen LogP contribution in [0.4, 0.5) is 0 Å². The topological polar surface area (TPSA) is 82.0 Å². The number of carboxylic acid groups (broad SMARTS) is 1. The molecule has 0 saturated heterocycles. The van der Waals surface area contributed by atoms with Crippen molar-refractivity contribution in [1.82, 2.24) is 0 Å². The molecule has 0 amide bonds. The Morgan fingerprint density at radius 1 is 1.39 bits per heavy atom. The van der Waals surface area contributed by atoms with Crippen LogP contribution in [0.25, 0.3) is 10.8 Å². The summed E-state index contributed by atoms with van der Waals surface area (Å²) < 4.78 is 9.26. The molecule has 0 aliphatic carbocycles. The zero-order valence-electron chi connectivity index (χ0n) is 13.0. The fourth-order valence-corrected chi connectivity index (χ4v) is 3.38. The fourth-order valence-electron chi connectivity index (χ4n) is 2.17. The van der Waals surface area contributed by atoms with Gasteiger partial charge < -0.3 is 10.00 Å². The third kappa shape index (κ3) is 3.99. The van der Waals surface area contributed by atoms with Gasteiger partial charge in [-0.1, -0.05) is 54.5 Å². The Morgan fingerprint density at radius 2 is 2.04 bits per heavy atom. The summed E-state index contributed by atoms with van der Waals surface area (Å²) in [6, 6.07) is 8.12. The summed E-state index contributed by atoms with van der Waals surface area (Å²) in [7, 11) is -2.53. The summed E-state index contributed by atoms with van der Waals surface area (Å²) in [6.07, 6.45) is 0. The Hall–Kier alpha value is -1.68. The summed E-state index contributed by atoms with van der Waals surface area (Å²) in [5.74, 6) is -1.04. The second kappa shape index (κ2) is 7.26. The van der Waals surface area contributed by atoms with E-state index in [2.05, 4.69) is 4.74 Å². The minimum atomic E-state index is -2.53. The van der Waals surface area contributed by atoms with E-state index >= 15 is 0 Å². The fraction of sp³-hybridized carbons (Fsp3) is 0.312. The number of rotatable bonds is 5. The average molecular weight is 354 g/mol. The van der Waals surface area contributed by atoms with Gasteiger partial charge in [0, 0.05) is 16.0 Å². The zero-order chi connectivity index (χ0) is 17.1. The molecule has 0 bridgehead atoms. The zero-order valence-corrected chi connectivity index (χ0v) is 14.6. The molecule has 0 fully saturated rings. The van der Waals surface area contributed by atoms with Crippen molar-refractivity contribution in [1.29, 1.82) is 0 Å². The molecule has 7 heteroatoms. The van der Waals surface area contributed by atoms with E-state index in [-0.39, 0.29) is 5.92 Å². The molecule has 0 spiro atoms.